The number of halogens is 1. The van der Waals surface area contributed by atoms with Gasteiger partial charge >= 0.3 is 0 Å². The van der Waals surface area contributed by atoms with Crippen LogP contribution in [0.15, 0.2) is 36.5 Å². The topological polar surface area (TPSA) is 59.8 Å². The molecule has 1 aromatic heterocycles. The van der Waals surface area contributed by atoms with Crippen molar-refractivity contribution in [3.8, 4) is 5.75 Å². The lowest BCUT2D eigenvalue weighted by Crippen LogP contribution is -2.48. The number of benzene rings is 1. The maximum atomic E-state index is 13.2. The number of rotatable bonds is 5. The molecule has 3 rings (SSSR count). The van der Waals surface area contributed by atoms with E-state index in [1.807, 2.05) is 19.3 Å². The maximum Gasteiger partial charge on any atom is 0.134 e. The van der Waals surface area contributed by atoms with Crippen LogP contribution in [0.2, 0.25) is 0 Å². The molecule has 1 aromatic carbocycles. The van der Waals surface area contributed by atoms with E-state index in [0.29, 0.717) is 32.0 Å². The summed E-state index contributed by atoms with van der Waals surface area (Å²) in [6, 6.07) is 7.84. The largest absolute Gasteiger partial charge is 0.490 e. The van der Waals surface area contributed by atoms with Gasteiger partial charge in [-0.1, -0.05) is 6.07 Å². The third kappa shape index (κ3) is 4.53. The highest BCUT2D eigenvalue weighted by Gasteiger charge is 2.33. The number of β-amino-alcohol motifs (C(OH)–C–C–N with tert-alkyl or cyclic N) is 1. The number of ether oxygens (including phenoxy) is 2. The Balaban J connectivity index is 1.62. The fourth-order valence-corrected chi connectivity index (χ4v) is 2.77. The first kappa shape index (κ1) is 16.9. The van der Waals surface area contributed by atoms with Crippen molar-refractivity contribution in [2.24, 2.45) is 7.05 Å². The van der Waals surface area contributed by atoms with Crippen molar-refractivity contribution in [1.82, 2.24) is 14.7 Å². The molecule has 2 heterocycles. The van der Waals surface area contributed by atoms with Crippen molar-refractivity contribution in [1.29, 1.82) is 0 Å². The Bertz CT molecular complexity index is 679. The lowest BCUT2D eigenvalue weighted by Gasteiger charge is -2.30. The van der Waals surface area contributed by atoms with E-state index in [1.54, 1.807) is 16.8 Å². The van der Waals surface area contributed by atoms with Crippen LogP contribution in [0.25, 0.3) is 0 Å². The average molecular weight is 335 g/mol. The third-order valence-electron chi connectivity index (χ3n) is 3.90. The minimum atomic E-state index is -1.16. The summed E-state index contributed by atoms with van der Waals surface area (Å²) in [4.78, 5) is 2.09. The quantitative estimate of drug-likeness (QED) is 0.890. The van der Waals surface area contributed by atoms with Crippen LogP contribution in [0.5, 0.6) is 5.75 Å². The Morgan fingerprint density at radius 1 is 1.42 bits per heavy atom. The van der Waals surface area contributed by atoms with Crippen LogP contribution in [0, 0.1) is 5.82 Å². The monoisotopic (exact) mass is 335 g/mol. The first-order valence-electron chi connectivity index (χ1n) is 7.92. The Kier molecular flexibility index (Phi) is 5.13. The van der Waals surface area contributed by atoms with E-state index < -0.39 is 5.60 Å². The molecule has 0 spiro atoms. The van der Waals surface area contributed by atoms with Crippen molar-refractivity contribution in [3.63, 3.8) is 0 Å². The second kappa shape index (κ2) is 7.29. The summed E-state index contributed by atoms with van der Waals surface area (Å²) in [6.45, 7) is 2.50. The molecule has 0 bridgehead atoms. The smallest absolute Gasteiger partial charge is 0.134 e. The van der Waals surface area contributed by atoms with Gasteiger partial charge in [0, 0.05) is 38.9 Å². The second-order valence-electron chi connectivity index (χ2n) is 6.21. The summed E-state index contributed by atoms with van der Waals surface area (Å²) in [5.41, 5.74) is -0.217. The molecule has 6 nitrogen and oxygen atoms in total. The van der Waals surface area contributed by atoms with Crippen LogP contribution >= 0.6 is 0 Å². The van der Waals surface area contributed by atoms with E-state index in [2.05, 4.69) is 10.00 Å². The fraction of sp³-hybridized carbons (Fsp3) is 0.471. The predicted octanol–water partition coefficient (Wildman–Crippen LogP) is 1.20. The summed E-state index contributed by atoms with van der Waals surface area (Å²) in [5, 5.41) is 15.2. The van der Waals surface area contributed by atoms with E-state index >= 15 is 0 Å². The summed E-state index contributed by atoms with van der Waals surface area (Å²) in [7, 11) is 1.87. The Labute approximate surface area is 140 Å². The molecule has 0 saturated carbocycles. The summed E-state index contributed by atoms with van der Waals surface area (Å²) < 4.78 is 26.1. The van der Waals surface area contributed by atoms with Gasteiger partial charge in [-0.05, 0) is 18.2 Å². The number of nitrogens with zero attached hydrogens (tertiary/aromatic N) is 3. The zero-order chi connectivity index (χ0) is 17.0. The van der Waals surface area contributed by atoms with Gasteiger partial charge in [0.2, 0.25) is 0 Å². The van der Waals surface area contributed by atoms with Crippen molar-refractivity contribution in [2.75, 3.05) is 32.9 Å². The van der Waals surface area contributed by atoms with E-state index in [0.717, 1.165) is 5.69 Å². The zero-order valence-corrected chi connectivity index (χ0v) is 13.7. The zero-order valence-electron chi connectivity index (χ0n) is 13.7. The highest BCUT2D eigenvalue weighted by atomic mass is 19.1. The second-order valence-corrected chi connectivity index (χ2v) is 6.21. The highest BCUT2D eigenvalue weighted by molar-refractivity contribution is 5.22. The predicted molar refractivity (Wildman–Crippen MR) is 86.1 cm³/mol. The molecule has 1 aliphatic rings. The molecule has 1 N–H and O–H groups in total. The van der Waals surface area contributed by atoms with Gasteiger partial charge in [0.05, 0.1) is 18.9 Å². The minimum absolute atomic E-state index is 0.0369. The number of hydrogen-bond donors (Lipinski definition) is 1. The molecule has 2 aromatic rings. The number of aromatic nitrogens is 2. The fourth-order valence-electron chi connectivity index (χ4n) is 2.77. The molecule has 130 valence electrons. The van der Waals surface area contributed by atoms with Gasteiger partial charge in [-0.3, -0.25) is 9.58 Å². The molecule has 0 aliphatic carbocycles. The van der Waals surface area contributed by atoms with Gasteiger partial charge in [0.25, 0.3) is 0 Å². The Morgan fingerprint density at radius 3 is 3.04 bits per heavy atom. The third-order valence-corrected chi connectivity index (χ3v) is 3.90. The van der Waals surface area contributed by atoms with Crippen molar-refractivity contribution in [2.45, 2.75) is 12.1 Å². The van der Waals surface area contributed by atoms with Crippen LogP contribution in [-0.2, 0) is 18.3 Å². The van der Waals surface area contributed by atoms with Gasteiger partial charge < -0.3 is 14.6 Å². The Hall–Kier alpha value is -1.96. The lowest BCUT2D eigenvalue weighted by atomic mass is 10.1. The molecular formula is C17H22FN3O3. The van der Waals surface area contributed by atoms with E-state index in [-0.39, 0.29) is 19.0 Å². The number of aryl methyl sites for hydroxylation is 1. The van der Waals surface area contributed by atoms with Crippen molar-refractivity contribution in [3.05, 3.63) is 48.0 Å². The van der Waals surface area contributed by atoms with Gasteiger partial charge in [-0.15, -0.1) is 0 Å². The first-order chi connectivity index (χ1) is 11.5. The molecular weight excluding hydrogens is 313 g/mol. The molecule has 1 atom stereocenters. The van der Waals surface area contributed by atoms with Gasteiger partial charge in [-0.2, -0.15) is 5.10 Å². The van der Waals surface area contributed by atoms with Gasteiger partial charge in [0.1, 0.15) is 23.8 Å². The minimum Gasteiger partial charge on any atom is -0.490 e. The SMILES string of the molecule is Cn1ccc(CN2CCOCC(O)(COc3cccc(F)c3)C2)n1. The summed E-state index contributed by atoms with van der Waals surface area (Å²) >= 11 is 0. The molecule has 24 heavy (non-hydrogen) atoms. The molecule has 0 amide bonds. The van der Waals surface area contributed by atoms with Crippen molar-refractivity contribution < 1.29 is 19.0 Å². The number of hydrogen-bond acceptors (Lipinski definition) is 5. The van der Waals surface area contributed by atoms with Crippen molar-refractivity contribution >= 4 is 0 Å². The molecule has 1 aliphatic heterocycles. The molecule has 0 radical (unpaired) electrons. The molecule has 1 unspecified atom stereocenters. The van der Waals surface area contributed by atoms with E-state index in [9.17, 15) is 9.50 Å². The molecule has 1 saturated heterocycles. The molecule has 7 heteroatoms. The summed E-state index contributed by atoms with van der Waals surface area (Å²) in [5.74, 6) is 0.0253. The first-order valence-corrected chi connectivity index (χ1v) is 7.92. The van der Waals surface area contributed by atoms with Crippen LogP contribution < -0.4 is 4.74 Å². The van der Waals surface area contributed by atoms with Gasteiger partial charge in [0.15, 0.2) is 0 Å². The number of aliphatic hydroxyl groups is 1. The Morgan fingerprint density at radius 2 is 2.29 bits per heavy atom. The van der Waals surface area contributed by atoms with Crippen LogP contribution in [0.3, 0.4) is 0 Å². The standard InChI is InChI=1S/C17H22FN3O3/c1-20-6-5-15(19-20)10-21-7-8-23-12-17(22,11-21)13-24-16-4-2-3-14(18)9-16/h2-6,9,22H,7-8,10-13H2,1H3. The van der Waals surface area contributed by atoms with E-state index in [1.165, 1.54) is 12.1 Å². The van der Waals surface area contributed by atoms with Crippen LogP contribution in [0.4, 0.5) is 4.39 Å². The van der Waals surface area contributed by atoms with Crippen LogP contribution in [0.1, 0.15) is 5.69 Å². The highest BCUT2D eigenvalue weighted by Crippen LogP contribution is 2.18. The van der Waals surface area contributed by atoms with E-state index in [4.69, 9.17) is 9.47 Å². The maximum absolute atomic E-state index is 13.2. The van der Waals surface area contributed by atoms with Crippen LogP contribution in [-0.4, -0.2) is 58.3 Å². The summed E-state index contributed by atoms with van der Waals surface area (Å²) in [6.07, 6.45) is 1.89. The normalized spacial score (nSPS) is 22.3. The average Bonchev–Trinajstić information content (AvgIpc) is 2.85. The molecule has 1 fully saturated rings. The lowest BCUT2D eigenvalue weighted by molar-refractivity contribution is -0.0647. The van der Waals surface area contributed by atoms with Gasteiger partial charge in [-0.25, -0.2) is 4.39 Å².